The first-order chi connectivity index (χ1) is 5.72. The maximum absolute atomic E-state index is 2.25. The molecule has 0 bridgehead atoms. The van der Waals surface area contributed by atoms with E-state index in [4.69, 9.17) is 0 Å². The average molecular weight is 184 g/mol. The lowest BCUT2D eigenvalue weighted by atomic mass is 10.1. The molecule has 0 radical (unpaired) electrons. The summed E-state index contributed by atoms with van der Waals surface area (Å²) in [6.45, 7) is 6.66. The molecule has 12 heavy (non-hydrogen) atoms. The Morgan fingerprint density at radius 3 is 2.50 bits per heavy atom. The van der Waals surface area contributed by atoms with Crippen molar-refractivity contribution >= 4 is 11.8 Å². The van der Waals surface area contributed by atoms with Gasteiger partial charge in [0, 0.05) is 5.75 Å². The van der Waals surface area contributed by atoms with Crippen molar-refractivity contribution in [3.05, 3.63) is 23.8 Å². The van der Waals surface area contributed by atoms with Gasteiger partial charge in [-0.05, 0) is 18.6 Å². The topological polar surface area (TPSA) is 0 Å². The van der Waals surface area contributed by atoms with E-state index in [0.717, 1.165) is 12.2 Å². The lowest BCUT2D eigenvalue weighted by Gasteiger charge is -2.08. The molecule has 0 aromatic heterocycles. The molecule has 0 aliphatic rings. The van der Waals surface area contributed by atoms with Gasteiger partial charge in [-0.3, -0.25) is 0 Å². The van der Waals surface area contributed by atoms with Crippen LogP contribution < -0.4 is 0 Å². The Balaban J connectivity index is 4.08. The third kappa shape index (κ3) is 5.48. The first-order valence-corrected chi connectivity index (χ1v) is 5.96. The highest BCUT2D eigenvalue weighted by molar-refractivity contribution is 7.98. The van der Waals surface area contributed by atoms with Gasteiger partial charge in [-0.1, -0.05) is 44.6 Å². The van der Waals surface area contributed by atoms with Crippen molar-refractivity contribution in [3.8, 4) is 0 Å². The molecule has 0 fully saturated rings. The number of hydrogen-bond acceptors (Lipinski definition) is 1. The largest absolute Gasteiger partial charge is 0.161 e. The molecule has 70 valence electrons. The van der Waals surface area contributed by atoms with Gasteiger partial charge in [0.1, 0.15) is 0 Å². The van der Waals surface area contributed by atoms with Crippen LogP contribution in [0.25, 0.3) is 0 Å². The Bertz CT molecular complexity index is 154. The third-order valence-corrected chi connectivity index (χ3v) is 2.36. The molecule has 0 amide bonds. The van der Waals surface area contributed by atoms with E-state index < -0.39 is 0 Å². The van der Waals surface area contributed by atoms with Gasteiger partial charge in [0.05, 0.1) is 0 Å². The van der Waals surface area contributed by atoms with Crippen LogP contribution in [0.3, 0.4) is 0 Å². The monoisotopic (exact) mass is 184 g/mol. The fourth-order valence-corrected chi connectivity index (χ4v) is 1.66. The van der Waals surface area contributed by atoms with Gasteiger partial charge in [0.2, 0.25) is 0 Å². The van der Waals surface area contributed by atoms with Crippen LogP contribution in [0.4, 0.5) is 0 Å². The molecule has 0 nitrogen and oxygen atoms in total. The van der Waals surface area contributed by atoms with Crippen molar-refractivity contribution in [3.63, 3.8) is 0 Å². The summed E-state index contributed by atoms with van der Waals surface area (Å²) in [5.41, 5.74) is 1.53. The van der Waals surface area contributed by atoms with Crippen LogP contribution in [0.5, 0.6) is 0 Å². The van der Waals surface area contributed by atoms with E-state index in [2.05, 4.69) is 45.3 Å². The third-order valence-electron chi connectivity index (χ3n) is 1.73. The standard InChI is InChI=1S/C11H20S/c1-5-6-7-8-11(9-12-4)10(2)3/h6-8,10H,5,9H2,1-4H3/b7-6-,11-8+. The van der Waals surface area contributed by atoms with Crippen LogP contribution in [0.2, 0.25) is 0 Å². The van der Waals surface area contributed by atoms with E-state index in [-0.39, 0.29) is 0 Å². The van der Waals surface area contributed by atoms with Crippen LogP contribution in [0.15, 0.2) is 23.8 Å². The molecular formula is C11H20S. The summed E-state index contributed by atoms with van der Waals surface area (Å²) in [6.07, 6.45) is 9.90. The highest BCUT2D eigenvalue weighted by Gasteiger charge is 1.99. The average Bonchev–Trinajstić information content (AvgIpc) is 2.03. The Morgan fingerprint density at radius 1 is 1.42 bits per heavy atom. The zero-order valence-electron chi connectivity index (χ0n) is 8.63. The zero-order valence-corrected chi connectivity index (χ0v) is 9.45. The minimum absolute atomic E-state index is 0.680. The van der Waals surface area contributed by atoms with Crippen LogP contribution in [0.1, 0.15) is 27.2 Å². The summed E-state index contributed by atoms with van der Waals surface area (Å²) in [5.74, 6) is 1.84. The van der Waals surface area contributed by atoms with Crippen molar-refractivity contribution in [2.24, 2.45) is 5.92 Å². The quantitative estimate of drug-likeness (QED) is 0.584. The maximum atomic E-state index is 2.25. The molecule has 0 aliphatic heterocycles. The Kier molecular flexibility index (Phi) is 7.37. The number of thioether (sulfide) groups is 1. The van der Waals surface area contributed by atoms with Crippen LogP contribution >= 0.6 is 11.8 Å². The molecule has 0 aromatic rings. The molecule has 0 heterocycles. The van der Waals surface area contributed by atoms with E-state index in [1.54, 1.807) is 0 Å². The summed E-state index contributed by atoms with van der Waals surface area (Å²) >= 11 is 1.89. The van der Waals surface area contributed by atoms with Gasteiger partial charge in [0.25, 0.3) is 0 Å². The highest BCUT2D eigenvalue weighted by Crippen LogP contribution is 2.14. The van der Waals surface area contributed by atoms with Crippen molar-refractivity contribution < 1.29 is 0 Å². The summed E-state index contributed by atoms with van der Waals surface area (Å²) in [7, 11) is 0. The molecule has 0 saturated carbocycles. The zero-order chi connectivity index (χ0) is 9.40. The second-order valence-corrected chi connectivity index (χ2v) is 4.03. The van der Waals surface area contributed by atoms with Gasteiger partial charge in [0.15, 0.2) is 0 Å². The van der Waals surface area contributed by atoms with Gasteiger partial charge < -0.3 is 0 Å². The maximum Gasteiger partial charge on any atom is 0.0146 e. The van der Waals surface area contributed by atoms with Crippen molar-refractivity contribution in [2.75, 3.05) is 12.0 Å². The van der Waals surface area contributed by atoms with E-state index in [0.29, 0.717) is 5.92 Å². The summed E-state index contributed by atoms with van der Waals surface area (Å²) in [5, 5.41) is 0. The summed E-state index contributed by atoms with van der Waals surface area (Å²) in [4.78, 5) is 0. The Labute approximate surface area is 81.1 Å². The van der Waals surface area contributed by atoms with Gasteiger partial charge in [-0.15, -0.1) is 0 Å². The van der Waals surface area contributed by atoms with Crippen molar-refractivity contribution in [2.45, 2.75) is 27.2 Å². The molecule has 0 saturated heterocycles. The lowest BCUT2D eigenvalue weighted by molar-refractivity contribution is 0.773. The molecule has 0 unspecified atom stereocenters. The summed E-state index contributed by atoms with van der Waals surface area (Å²) < 4.78 is 0. The Morgan fingerprint density at radius 2 is 2.08 bits per heavy atom. The van der Waals surface area contributed by atoms with Crippen molar-refractivity contribution in [1.29, 1.82) is 0 Å². The molecule has 0 atom stereocenters. The van der Waals surface area contributed by atoms with Gasteiger partial charge in [-0.25, -0.2) is 0 Å². The lowest BCUT2D eigenvalue weighted by Crippen LogP contribution is -1.96. The smallest absolute Gasteiger partial charge is 0.0146 e. The fourth-order valence-electron chi connectivity index (χ4n) is 0.902. The van der Waals surface area contributed by atoms with Crippen LogP contribution in [-0.2, 0) is 0 Å². The fraction of sp³-hybridized carbons (Fsp3) is 0.636. The predicted molar refractivity (Wildman–Crippen MR) is 60.7 cm³/mol. The SMILES string of the molecule is CC/C=C\C=C(/CSC)C(C)C. The highest BCUT2D eigenvalue weighted by atomic mass is 32.2. The second kappa shape index (κ2) is 7.48. The second-order valence-electron chi connectivity index (χ2n) is 3.17. The van der Waals surface area contributed by atoms with Crippen LogP contribution in [-0.4, -0.2) is 12.0 Å². The van der Waals surface area contributed by atoms with E-state index in [1.807, 2.05) is 11.8 Å². The minimum Gasteiger partial charge on any atom is -0.161 e. The molecule has 0 N–H and O–H groups in total. The first kappa shape index (κ1) is 11.8. The number of allylic oxidation sites excluding steroid dienone is 3. The van der Waals surface area contributed by atoms with Crippen molar-refractivity contribution in [1.82, 2.24) is 0 Å². The Hall–Kier alpha value is -0.170. The van der Waals surface area contributed by atoms with E-state index >= 15 is 0 Å². The molecule has 0 rings (SSSR count). The number of rotatable bonds is 5. The minimum atomic E-state index is 0.680. The number of hydrogen-bond donors (Lipinski definition) is 0. The van der Waals surface area contributed by atoms with E-state index in [1.165, 1.54) is 5.57 Å². The molecule has 0 aromatic carbocycles. The van der Waals surface area contributed by atoms with Gasteiger partial charge in [-0.2, -0.15) is 11.8 Å². The molecule has 0 aliphatic carbocycles. The molecule has 1 heteroatoms. The first-order valence-electron chi connectivity index (χ1n) is 4.56. The normalized spacial score (nSPS) is 13.2. The van der Waals surface area contributed by atoms with Crippen LogP contribution in [0, 0.1) is 5.92 Å². The predicted octanol–water partition coefficient (Wildman–Crippen LogP) is 3.90. The molecule has 0 spiro atoms. The summed E-state index contributed by atoms with van der Waals surface area (Å²) in [6, 6.07) is 0. The van der Waals surface area contributed by atoms with E-state index in [9.17, 15) is 0 Å². The van der Waals surface area contributed by atoms with Gasteiger partial charge >= 0.3 is 0 Å². The molecular weight excluding hydrogens is 164 g/mol.